The van der Waals surface area contributed by atoms with Crippen molar-refractivity contribution in [3.63, 3.8) is 0 Å². The first-order chi connectivity index (χ1) is 6.72. The van der Waals surface area contributed by atoms with Crippen molar-refractivity contribution in [2.24, 2.45) is 0 Å². The van der Waals surface area contributed by atoms with Crippen LogP contribution >= 0.6 is 24.2 Å². The first-order valence-electron chi connectivity index (χ1n) is 4.26. The second-order valence-corrected chi connectivity index (χ2v) is 4.59. The number of rotatable bonds is 5. The maximum Gasteiger partial charge on any atom is 0.319 e. The topological polar surface area (TPSA) is 35.5 Å². The molecule has 0 radical (unpaired) electrons. The summed E-state index contributed by atoms with van der Waals surface area (Å²) in [5, 5.41) is 0. The number of hydrogen-bond acceptors (Lipinski definition) is 3. The zero-order valence-electron chi connectivity index (χ0n) is 7.83. The molecule has 1 aromatic carbocycles. The van der Waals surface area contributed by atoms with Crippen molar-refractivity contribution in [1.29, 1.82) is 0 Å². The fourth-order valence-corrected chi connectivity index (χ4v) is 1.75. The third-order valence-electron chi connectivity index (χ3n) is 1.53. The van der Waals surface area contributed by atoms with Crippen LogP contribution in [-0.4, -0.2) is 6.61 Å². The molecule has 0 aliphatic carbocycles. The van der Waals surface area contributed by atoms with E-state index in [1.165, 1.54) is 0 Å². The number of benzene rings is 1. The summed E-state index contributed by atoms with van der Waals surface area (Å²) in [6, 6.07) is 7.64. The monoisotopic (exact) mass is 278 g/mol. The zero-order chi connectivity index (χ0) is 10.4. The van der Waals surface area contributed by atoms with Crippen molar-refractivity contribution in [3.05, 3.63) is 34.3 Å². The molecular weight excluding hydrogens is 267 g/mol. The van der Waals surface area contributed by atoms with Gasteiger partial charge in [0.2, 0.25) is 0 Å². The molecule has 0 aromatic heterocycles. The van der Waals surface area contributed by atoms with Gasteiger partial charge in [0.05, 0.1) is 13.2 Å². The van der Waals surface area contributed by atoms with Gasteiger partial charge in [0.25, 0.3) is 0 Å². The highest BCUT2D eigenvalue weighted by Gasteiger charge is 1.99. The summed E-state index contributed by atoms with van der Waals surface area (Å²) in [6.07, 6.45) is 0. The van der Waals surface area contributed by atoms with Crippen LogP contribution in [0.5, 0.6) is 0 Å². The summed E-state index contributed by atoms with van der Waals surface area (Å²) in [6.45, 7) is 2.52. The molecular formula is C9H12BrO3P. The summed E-state index contributed by atoms with van der Waals surface area (Å²) < 4.78 is 21.8. The van der Waals surface area contributed by atoms with Crippen LogP contribution in [0.4, 0.5) is 0 Å². The van der Waals surface area contributed by atoms with E-state index in [-0.39, 0.29) is 0 Å². The predicted octanol–water partition coefficient (Wildman–Crippen LogP) is 3.39. The summed E-state index contributed by atoms with van der Waals surface area (Å²) in [4.78, 5) is 0. The van der Waals surface area contributed by atoms with Crippen LogP contribution in [0.1, 0.15) is 12.5 Å². The molecule has 1 atom stereocenters. The molecule has 0 fully saturated rings. The minimum absolute atomic E-state index is 0.324. The Balaban J connectivity index is 2.38. The Labute approximate surface area is 92.5 Å². The van der Waals surface area contributed by atoms with E-state index in [0.717, 1.165) is 10.0 Å². The second-order valence-electron chi connectivity index (χ2n) is 2.60. The molecule has 0 saturated carbocycles. The molecule has 0 bridgehead atoms. The van der Waals surface area contributed by atoms with Crippen molar-refractivity contribution < 1.29 is 13.6 Å². The largest absolute Gasteiger partial charge is 0.319 e. The predicted molar refractivity (Wildman–Crippen MR) is 59.6 cm³/mol. The molecule has 5 heteroatoms. The molecule has 0 amide bonds. The van der Waals surface area contributed by atoms with Gasteiger partial charge in [-0.1, -0.05) is 28.1 Å². The van der Waals surface area contributed by atoms with E-state index in [2.05, 4.69) is 15.9 Å². The first kappa shape index (κ1) is 11.9. The Morgan fingerprint density at radius 3 is 2.50 bits per heavy atom. The van der Waals surface area contributed by atoms with Crippen molar-refractivity contribution in [1.82, 2.24) is 0 Å². The summed E-state index contributed by atoms with van der Waals surface area (Å²) in [5.74, 6) is 0. The fourth-order valence-electron chi connectivity index (χ4n) is 0.882. The van der Waals surface area contributed by atoms with Crippen LogP contribution in [0.15, 0.2) is 28.7 Å². The molecule has 1 rings (SSSR count). The van der Waals surface area contributed by atoms with Gasteiger partial charge in [0, 0.05) is 4.47 Å². The molecule has 78 valence electrons. The molecule has 0 N–H and O–H groups in total. The van der Waals surface area contributed by atoms with Crippen molar-refractivity contribution in [3.8, 4) is 0 Å². The maximum absolute atomic E-state index is 11.0. The highest BCUT2D eigenvalue weighted by Crippen LogP contribution is 2.25. The average Bonchev–Trinajstić information content (AvgIpc) is 2.17. The van der Waals surface area contributed by atoms with E-state index >= 15 is 0 Å². The Morgan fingerprint density at radius 2 is 1.93 bits per heavy atom. The molecule has 3 nitrogen and oxygen atoms in total. The lowest BCUT2D eigenvalue weighted by Crippen LogP contribution is -1.87. The quantitative estimate of drug-likeness (QED) is 0.775. The highest BCUT2D eigenvalue weighted by molar-refractivity contribution is 9.10. The number of hydrogen-bond donors (Lipinski definition) is 0. The second kappa shape index (κ2) is 6.36. The Hall–Kier alpha value is -0.150. The maximum atomic E-state index is 11.0. The third kappa shape index (κ3) is 4.38. The van der Waals surface area contributed by atoms with Crippen LogP contribution in [0.3, 0.4) is 0 Å². The average molecular weight is 279 g/mol. The van der Waals surface area contributed by atoms with Crippen LogP contribution < -0.4 is 0 Å². The minimum atomic E-state index is -2.31. The lowest BCUT2D eigenvalue weighted by atomic mass is 10.2. The third-order valence-corrected chi connectivity index (χ3v) is 2.97. The number of halogens is 1. The zero-order valence-corrected chi connectivity index (χ0v) is 10.4. The fraction of sp³-hybridized carbons (Fsp3) is 0.333. The van der Waals surface area contributed by atoms with Gasteiger partial charge >= 0.3 is 8.25 Å². The van der Waals surface area contributed by atoms with Crippen LogP contribution in [0.2, 0.25) is 0 Å². The van der Waals surface area contributed by atoms with Gasteiger partial charge in [-0.05, 0) is 24.6 Å². The van der Waals surface area contributed by atoms with Gasteiger partial charge in [0.15, 0.2) is 0 Å². The van der Waals surface area contributed by atoms with Gasteiger partial charge < -0.3 is 9.05 Å². The molecule has 1 aromatic rings. The molecule has 14 heavy (non-hydrogen) atoms. The normalized spacial score (nSPS) is 12.7. The molecule has 0 saturated heterocycles. The van der Waals surface area contributed by atoms with Gasteiger partial charge in [-0.2, -0.15) is 0 Å². The molecule has 0 aliphatic rings. The lowest BCUT2D eigenvalue weighted by molar-refractivity contribution is 0.227. The summed E-state index contributed by atoms with van der Waals surface area (Å²) >= 11 is 3.33. The van der Waals surface area contributed by atoms with Gasteiger partial charge in [-0.3, -0.25) is 4.57 Å². The van der Waals surface area contributed by atoms with E-state index in [9.17, 15) is 4.57 Å². The minimum Gasteiger partial charge on any atom is -0.311 e. The van der Waals surface area contributed by atoms with E-state index in [0.29, 0.717) is 13.2 Å². The van der Waals surface area contributed by atoms with E-state index in [1.54, 1.807) is 6.92 Å². The van der Waals surface area contributed by atoms with E-state index in [4.69, 9.17) is 9.05 Å². The Morgan fingerprint density at radius 1 is 1.29 bits per heavy atom. The van der Waals surface area contributed by atoms with Crippen molar-refractivity contribution in [2.75, 3.05) is 6.61 Å². The van der Waals surface area contributed by atoms with E-state index < -0.39 is 8.25 Å². The Kier molecular flexibility index (Phi) is 5.41. The molecule has 0 heterocycles. The molecule has 0 spiro atoms. The van der Waals surface area contributed by atoms with Gasteiger partial charge in [0.1, 0.15) is 0 Å². The van der Waals surface area contributed by atoms with Gasteiger partial charge in [-0.15, -0.1) is 0 Å². The summed E-state index contributed by atoms with van der Waals surface area (Å²) in [5.41, 5.74) is 0.978. The SMILES string of the molecule is CCO[PH](=O)OCc1ccc(Br)cc1. The Bertz CT molecular complexity index is 299. The first-order valence-corrected chi connectivity index (χ1v) is 6.28. The highest BCUT2D eigenvalue weighted by atomic mass is 79.9. The van der Waals surface area contributed by atoms with Crippen molar-refractivity contribution >= 4 is 24.2 Å². The smallest absolute Gasteiger partial charge is 0.311 e. The summed E-state index contributed by atoms with van der Waals surface area (Å²) in [7, 11) is -2.31. The van der Waals surface area contributed by atoms with Crippen LogP contribution in [0, 0.1) is 0 Å². The van der Waals surface area contributed by atoms with Crippen molar-refractivity contribution in [2.45, 2.75) is 13.5 Å². The standard InChI is InChI=1S/C9H12BrO3P/c1-2-12-14(11)13-7-8-3-5-9(10)6-4-8/h3-6,14H,2,7H2,1H3. The van der Waals surface area contributed by atoms with Crippen LogP contribution in [-0.2, 0) is 20.2 Å². The molecule has 0 aliphatic heterocycles. The molecule has 1 unspecified atom stereocenters. The van der Waals surface area contributed by atoms with E-state index in [1.807, 2.05) is 24.3 Å². The van der Waals surface area contributed by atoms with Gasteiger partial charge in [-0.25, -0.2) is 0 Å². The lowest BCUT2D eigenvalue weighted by Gasteiger charge is -2.03. The van der Waals surface area contributed by atoms with Crippen LogP contribution in [0.25, 0.3) is 0 Å².